The number of nitrogens with one attached hydrogen (secondary N) is 1. The maximum atomic E-state index is 13.1. The number of hydrogen-bond donors (Lipinski definition) is 1. The Labute approximate surface area is 175 Å². The van der Waals surface area contributed by atoms with Crippen LogP contribution in [0.1, 0.15) is 35.8 Å². The minimum absolute atomic E-state index is 0.0334. The van der Waals surface area contributed by atoms with Crippen LogP contribution in [0.25, 0.3) is 0 Å². The lowest BCUT2D eigenvalue weighted by Gasteiger charge is -2.39. The predicted molar refractivity (Wildman–Crippen MR) is 114 cm³/mol. The van der Waals surface area contributed by atoms with E-state index in [0.29, 0.717) is 31.0 Å². The number of likely N-dealkylation sites (tertiary alicyclic amines) is 1. The summed E-state index contributed by atoms with van der Waals surface area (Å²) < 4.78 is 1.74. The van der Waals surface area contributed by atoms with E-state index in [1.807, 2.05) is 61.7 Å². The average Bonchev–Trinajstić information content (AvgIpc) is 3.21. The zero-order valence-electron chi connectivity index (χ0n) is 17.0. The van der Waals surface area contributed by atoms with Gasteiger partial charge in [0, 0.05) is 37.1 Å². The molecule has 0 saturated carbocycles. The van der Waals surface area contributed by atoms with Crippen molar-refractivity contribution in [2.45, 2.75) is 26.3 Å². The van der Waals surface area contributed by atoms with E-state index in [4.69, 9.17) is 0 Å². The number of nitrogens with zero attached hydrogens (tertiary/aromatic N) is 4. The number of benzene rings is 1. The molecular weight excluding hydrogens is 378 g/mol. The van der Waals surface area contributed by atoms with Gasteiger partial charge in [-0.15, -0.1) is 0 Å². The number of pyridine rings is 1. The molecule has 1 aliphatic rings. The molecule has 1 N–H and O–H groups in total. The van der Waals surface area contributed by atoms with Crippen molar-refractivity contribution in [2.75, 3.05) is 18.4 Å². The lowest BCUT2D eigenvalue weighted by atomic mass is 9.80. The van der Waals surface area contributed by atoms with E-state index in [2.05, 4.69) is 15.4 Å². The third-order valence-electron chi connectivity index (χ3n) is 5.48. The third kappa shape index (κ3) is 4.40. The van der Waals surface area contributed by atoms with Gasteiger partial charge in [0.2, 0.25) is 5.91 Å². The molecule has 30 heavy (non-hydrogen) atoms. The highest BCUT2D eigenvalue weighted by Crippen LogP contribution is 2.31. The van der Waals surface area contributed by atoms with Crippen molar-refractivity contribution in [3.8, 4) is 0 Å². The first-order valence-electron chi connectivity index (χ1n) is 10.1. The summed E-state index contributed by atoms with van der Waals surface area (Å²) in [5.74, 6) is 0.355. The smallest absolute Gasteiger partial charge is 0.253 e. The van der Waals surface area contributed by atoms with Crippen molar-refractivity contribution >= 4 is 17.6 Å². The van der Waals surface area contributed by atoms with E-state index in [1.165, 1.54) is 0 Å². The van der Waals surface area contributed by atoms with Crippen LogP contribution in [-0.2, 0) is 11.3 Å². The van der Waals surface area contributed by atoms with Gasteiger partial charge in [-0.25, -0.2) is 0 Å². The van der Waals surface area contributed by atoms with Gasteiger partial charge in [-0.2, -0.15) is 5.10 Å². The Bertz CT molecular complexity index is 1020. The molecule has 7 heteroatoms. The van der Waals surface area contributed by atoms with Gasteiger partial charge in [0.05, 0.1) is 17.7 Å². The normalized spacial score (nSPS) is 18.8. The van der Waals surface area contributed by atoms with Crippen LogP contribution < -0.4 is 5.32 Å². The van der Waals surface area contributed by atoms with Crippen LogP contribution >= 0.6 is 0 Å². The summed E-state index contributed by atoms with van der Waals surface area (Å²) in [5.41, 5.74) is 0.885. The van der Waals surface area contributed by atoms with Crippen molar-refractivity contribution < 1.29 is 9.59 Å². The monoisotopic (exact) mass is 403 g/mol. The number of carbonyl (C=O) groups excluding carboxylic acids is 2. The van der Waals surface area contributed by atoms with Crippen LogP contribution in [-0.4, -0.2) is 44.6 Å². The summed E-state index contributed by atoms with van der Waals surface area (Å²) in [6.45, 7) is 3.50. The fraction of sp³-hybridized carbons (Fsp3) is 0.304. The number of aromatic nitrogens is 3. The fourth-order valence-corrected chi connectivity index (χ4v) is 3.80. The Morgan fingerprint density at radius 2 is 1.90 bits per heavy atom. The summed E-state index contributed by atoms with van der Waals surface area (Å²) in [7, 11) is 0. The molecule has 0 spiro atoms. The number of piperidine rings is 1. The average molecular weight is 403 g/mol. The van der Waals surface area contributed by atoms with Gasteiger partial charge >= 0.3 is 0 Å². The molecule has 0 aliphatic carbocycles. The van der Waals surface area contributed by atoms with Crippen molar-refractivity contribution in [1.82, 2.24) is 19.7 Å². The molecule has 2 aromatic heterocycles. The van der Waals surface area contributed by atoms with Crippen LogP contribution in [0.5, 0.6) is 0 Å². The Hall–Kier alpha value is -3.48. The number of carbonyl (C=O) groups is 2. The number of rotatable bonds is 5. The minimum Gasteiger partial charge on any atom is -0.338 e. The molecule has 1 fully saturated rings. The maximum absolute atomic E-state index is 13.1. The highest BCUT2D eigenvalue weighted by molar-refractivity contribution is 5.97. The first kappa shape index (κ1) is 19.8. The van der Waals surface area contributed by atoms with Crippen molar-refractivity contribution in [3.63, 3.8) is 0 Å². The van der Waals surface area contributed by atoms with Crippen LogP contribution in [0.3, 0.4) is 0 Å². The molecule has 2 amide bonds. The highest BCUT2D eigenvalue weighted by atomic mass is 16.2. The van der Waals surface area contributed by atoms with Crippen molar-refractivity contribution in [3.05, 3.63) is 78.2 Å². The Balaban J connectivity index is 1.40. The second-order valence-corrected chi connectivity index (χ2v) is 7.93. The topological polar surface area (TPSA) is 80.1 Å². The summed E-state index contributed by atoms with van der Waals surface area (Å²) in [5, 5.41) is 7.37. The minimum atomic E-state index is -0.659. The molecule has 154 valence electrons. The molecule has 1 atom stereocenters. The molecular formula is C23H25N5O2. The molecule has 7 nitrogen and oxygen atoms in total. The molecule has 3 aromatic rings. The van der Waals surface area contributed by atoms with Gasteiger partial charge < -0.3 is 10.2 Å². The Kier molecular flexibility index (Phi) is 5.61. The van der Waals surface area contributed by atoms with E-state index >= 15 is 0 Å². The summed E-state index contributed by atoms with van der Waals surface area (Å²) >= 11 is 0. The van der Waals surface area contributed by atoms with E-state index in [0.717, 1.165) is 18.5 Å². The zero-order chi connectivity index (χ0) is 21.0. The highest BCUT2D eigenvalue weighted by Gasteiger charge is 2.39. The predicted octanol–water partition coefficient (Wildman–Crippen LogP) is 3.21. The molecule has 4 rings (SSSR count). The molecule has 1 saturated heterocycles. The van der Waals surface area contributed by atoms with Gasteiger partial charge in [0.25, 0.3) is 5.91 Å². The molecule has 3 heterocycles. The standard InChI is InChI=1S/C23H25N5O2/c1-23(12-7-14-27(17-23)21(29)18-8-3-2-4-9-18)22(30)25-20-11-15-28(26-20)16-19-10-5-6-13-24-19/h2-6,8-11,13,15H,7,12,14,16-17H2,1H3,(H,25,26,30). The van der Waals surface area contributed by atoms with E-state index in [9.17, 15) is 9.59 Å². The Morgan fingerprint density at radius 3 is 2.67 bits per heavy atom. The van der Waals surface area contributed by atoms with Crippen LogP contribution in [0.4, 0.5) is 5.82 Å². The van der Waals surface area contributed by atoms with Crippen LogP contribution in [0, 0.1) is 5.41 Å². The number of amides is 2. The quantitative estimate of drug-likeness (QED) is 0.709. The SMILES string of the molecule is CC1(C(=O)Nc2ccn(Cc3ccccn3)n2)CCCN(C(=O)c2ccccc2)C1. The summed E-state index contributed by atoms with van der Waals surface area (Å²) in [6, 6.07) is 16.7. The van der Waals surface area contributed by atoms with E-state index < -0.39 is 5.41 Å². The van der Waals surface area contributed by atoms with E-state index in [1.54, 1.807) is 21.8 Å². The zero-order valence-corrected chi connectivity index (χ0v) is 17.0. The lowest BCUT2D eigenvalue weighted by molar-refractivity contribution is -0.127. The second kappa shape index (κ2) is 8.49. The largest absolute Gasteiger partial charge is 0.338 e. The van der Waals surface area contributed by atoms with Crippen LogP contribution in [0.15, 0.2) is 67.0 Å². The second-order valence-electron chi connectivity index (χ2n) is 7.93. The summed E-state index contributed by atoms with van der Waals surface area (Å²) in [4.78, 5) is 31.9. The third-order valence-corrected chi connectivity index (χ3v) is 5.48. The lowest BCUT2D eigenvalue weighted by Crippen LogP contribution is -2.50. The molecule has 1 aliphatic heterocycles. The van der Waals surface area contributed by atoms with Gasteiger partial charge in [0.1, 0.15) is 0 Å². The van der Waals surface area contributed by atoms with Gasteiger partial charge in [0.15, 0.2) is 5.82 Å². The molecule has 1 unspecified atom stereocenters. The van der Waals surface area contributed by atoms with Gasteiger partial charge in [-0.3, -0.25) is 19.3 Å². The van der Waals surface area contributed by atoms with Crippen LogP contribution in [0.2, 0.25) is 0 Å². The first-order valence-corrected chi connectivity index (χ1v) is 10.1. The summed E-state index contributed by atoms with van der Waals surface area (Å²) in [6.07, 6.45) is 5.08. The molecule has 1 aromatic carbocycles. The van der Waals surface area contributed by atoms with Crippen molar-refractivity contribution in [1.29, 1.82) is 0 Å². The van der Waals surface area contributed by atoms with E-state index in [-0.39, 0.29) is 11.8 Å². The Morgan fingerprint density at radius 1 is 1.10 bits per heavy atom. The van der Waals surface area contributed by atoms with Gasteiger partial charge in [-0.05, 0) is 44.0 Å². The maximum Gasteiger partial charge on any atom is 0.253 e. The fourth-order valence-electron chi connectivity index (χ4n) is 3.80. The number of anilines is 1. The van der Waals surface area contributed by atoms with Gasteiger partial charge in [-0.1, -0.05) is 24.3 Å². The molecule has 0 bridgehead atoms. The number of hydrogen-bond acceptors (Lipinski definition) is 4. The van der Waals surface area contributed by atoms with Crippen molar-refractivity contribution in [2.24, 2.45) is 5.41 Å². The molecule has 0 radical (unpaired) electrons. The first-order chi connectivity index (χ1) is 14.5.